The van der Waals surface area contributed by atoms with Gasteiger partial charge in [0.1, 0.15) is 0 Å². The molecule has 1 heterocycles. The second-order valence-corrected chi connectivity index (χ2v) is 4.85. The number of ketones is 1. The van der Waals surface area contributed by atoms with Crippen molar-refractivity contribution < 1.29 is 9.59 Å². The number of rotatable bonds is 3. The minimum atomic E-state index is -1.29. The monoisotopic (exact) mass is 276 g/mol. The highest BCUT2D eigenvalue weighted by molar-refractivity contribution is 6.34. The number of likely N-dealkylation sites (tertiary alicyclic amines) is 1. The van der Waals surface area contributed by atoms with E-state index in [0.717, 1.165) is 12.8 Å². The number of hydrogen-bond donors (Lipinski definition) is 0. The van der Waals surface area contributed by atoms with Crippen LogP contribution in [0.5, 0.6) is 0 Å². The second kappa shape index (κ2) is 5.85. The first-order valence-corrected chi connectivity index (χ1v) is 6.50. The van der Waals surface area contributed by atoms with E-state index >= 15 is 0 Å². The fourth-order valence-electron chi connectivity index (χ4n) is 2.16. The Morgan fingerprint density at radius 2 is 1.89 bits per heavy atom. The molecule has 1 fully saturated rings. The highest BCUT2D eigenvalue weighted by Gasteiger charge is 2.33. The molecule has 0 radical (unpaired) electrons. The third kappa shape index (κ3) is 2.77. The van der Waals surface area contributed by atoms with Crippen LogP contribution >= 0.6 is 11.6 Å². The van der Waals surface area contributed by atoms with Gasteiger partial charge in [0.15, 0.2) is 11.7 Å². The van der Waals surface area contributed by atoms with Gasteiger partial charge < -0.3 is 4.90 Å². The van der Waals surface area contributed by atoms with E-state index in [-0.39, 0.29) is 10.6 Å². The van der Waals surface area contributed by atoms with Gasteiger partial charge in [-0.05, 0) is 25.0 Å². The SMILES string of the molecule is N#C[C@@H](C(=O)c1ccccc1Cl)C(=O)N1CCCC1. The summed E-state index contributed by atoms with van der Waals surface area (Å²) in [5.41, 5.74) is 0.225. The average Bonchev–Trinajstić information content (AvgIpc) is 2.93. The van der Waals surface area contributed by atoms with Gasteiger partial charge in [-0.3, -0.25) is 9.59 Å². The molecule has 1 aromatic rings. The Morgan fingerprint density at radius 1 is 1.26 bits per heavy atom. The van der Waals surface area contributed by atoms with E-state index in [1.165, 1.54) is 6.07 Å². The third-order valence-corrected chi connectivity index (χ3v) is 3.52. The van der Waals surface area contributed by atoms with Crippen molar-refractivity contribution in [1.29, 1.82) is 5.26 Å². The van der Waals surface area contributed by atoms with E-state index in [2.05, 4.69) is 0 Å². The van der Waals surface area contributed by atoms with Crippen LogP contribution in [0.1, 0.15) is 23.2 Å². The van der Waals surface area contributed by atoms with Crippen LogP contribution in [0.25, 0.3) is 0 Å². The van der Waals surface area contributed by atoms with Gasteiger partial charge in [0, 0.05) is 18.7 Å². The van der Waals surface area contributed by atoms with Crippen molar-refractivity contribution in [2.24, 2.45) is 5.92 Å². The Kier molecular flexibility index (Phi) is 4.18. The summed E-state index contributed by atoms with van der Waals surface area (Å²) < 4.78 is 0. The van der Waals surface area contributed by atoms with E-state index in [1.807, 2.05) is 0 Å². The number of carbonyl (C=O) groups is 2. The molecule has 0 N–H and O–H groups in total. The zero-order valence-corrected chi connectivity index (χ0v) is 11.1. The molecule has 1 saturated heterocycles. The van der Waals surface area contributed by atoms with Crippen LogP contribution < -0.4 is 0 Å². The van der Waals surface area contributed by atoms with Crippen molar-refractivity contribution in [1.82, 2.24) is 4.90 Å². The molecule has 5 heteroatoms. The molecule has 0 aromatic heterocycles. The van der Waals surface area contributed by atoms with Gasteiger partial charge >= 0.3 is 0 Å². The van der Waals surface area contributed by atoms with Crippen LogP contribution in [0, 0.1) is 17.2 Å². The maximum absolute atomic E-state index is 12.2. The number of halogens is 1. The first kappa shape index (κ1) is 13.6. The van der Waals surface area contributed by atoms with Crippen LogP contribution in [0.4, 0.5) is 0 Å². The first-order valence-electron chi connectivity index (χ1n) is 6.12. The van der Waals surface area contributed by atoms with Crippen molar-refractivity contribution in [2.75, 3.05) is 13.1 Å². The van der Waals surface area contributed by atoms with Gasteiger partial charge in [-0.25, -0.2) is 0 Å². The number of hydrogen-bond acceptors (Lipinski definition) is 3. The van der Waals surface area contributed by atoms with Crippen molar-refractivity contribution in [2.45, 2.75) is 12.8 Å². The lowest BCUT2D eigenvalue weighted by Crippen LogP contribution is -2.37. The topological polar surface area (TPSA) is 61.2 Å². The van der Waals surface area contributed by atoms with Gasteiger partial charge in [-0.2, -0.15) is 5.26 Å². The van der Waals surface area contributed by atoms with E-state index < -0.39 is 17.6 Å². The molecule has 1 aromatic carbocycles. The number of benzene rings is 1. The molecule has 0 bridgehead atoms. The zero-order valence-electron chi connectivity index (χ0n) is 10.3. The summed E-state index contributed by atoms with van der Waals surface area (Å²) in [6.45, 7) is 1.24. The summed E-state index contributed by atoms with van der Waals surface area (Å²) in [7, 11) is 0. The van der Waals surface area contributed by atoms with E-state index in [9.17, 15) is 9.59 Å². The number of carbonyl (C=O) groups excluding carboxylic acids is 2. The second-order valence-electron chi connectivity index (χ2n) is 4.44. The number of amides is 1. The highest BCUT2D eigenvalue weighted by atomic mass is 35.5. The molecule has 4 nitrogen and oxygen atoms in total. The molecular formula is C14H13ClN2O2. The van der Waals surface area contributed by atoms with Gasteiger partial charge in [-0.15, -0.1) is 0 Å². The Bertz CT molecular complexity index is 545. The summed E-state index contributed by atoms with van der Waals surface area (Å²) >= 11 is 5.93. The summed E-state index contributed by atoms with van der Waals surface area (Å²) in [5, 5.41) is 9.38. The molecule has 1 amide bonds. The molecule has 1 aliphatic heterocycles. The molecular weight excluding hydrogens is 264 g/mol. The van der Waals surface area contributed by atoms with Crippen molar-refractivity contribution >= 4 is 23.3 Å². The fraction of sp³-hybridized carbons (Fsp3) is 0.357. The molecule has 0 aliphatic carbocycles. The number of Topliss-reactive ketones (excluding diaryl/α,β-unsaturated/α-hetero) is 1. The molecule has 1 aliphatic rings. The molecule has 2 rings (SSSR count). The Balaban J connectivity index is 2.23. The lowest BCUT2D eigenvalue weighted by Gasteiger charge is -2.18. The zero-order chi connectivity index (χ0) is 13.8. The van der Waals surface area contributed by atoms with Crippen LogP contribution in [0.2, 0.25) is 5.02 Å². The Morgan fingerprint density at radius 3 is 2.47 bits per heavy atom. The van der Waals surface area contributed by atoms with E-state index in [4.69, 9.17) is 16.9 Å². The summed E-state index contributed by atoms with van der Waals surface area (Å²) in [6.07, 6.45) is 1.84. The molecule has 0 spiro atoms. The average molecular weight is 277 g/mol. The van der Waals surface area contributed by atoms with Gasteiger partial charge in [-0.1, -0.05) is 23.7 Å². The van der Waals surface area contributed by atoms with Gasteiger partial charge in [0.05, 0.1) is 11.1 Å². The first-order chi connectivity index (χ1) is 9.15. The summed E-state index contributed by atoms with van der Waals surface area (Å²) in [6, 6.07) is 8.27. The van der Waals surface area contributed by atoms with E-state index in [1.54, 1.807) is 29.2 Å². The third-order valence-electron chi connectivity index (χ3n) is 3.20. The van der Waals surface area contributed by atoms with Crippen LogP contribution in [-0.4, -0.2) is 29.7 Å². The minimum absolute atomic E-state index is 0.225. The maximum Gasteiger partial charge on any atom is 0.247 e. The standard InChI is InChI=1S/C14H13ClN2O2/c15-12-6-2-1-5-10(12)13(18)11(9-16)14(19)17-7-3-4-8-17/h1-2,5-6,11H,3-4,7-8H2/t11-/m0/s1. The summed E-state index contributed by atoms with van der Waals surface area (Å²) in [4.78, 5) is 26.0. The lowest BCUT2D eigenvalue weighted by atomic mass is 9.97. The normalized spacial score (nSPS) is 15.9. The van der Waals surface area contributed by atoms with Gasteiger partial charge in [0.25, 0.3) is 0 Å². The van der Waals surface area contributed by atoms with Crippen LogP contribution in [-0.2, 0) is 4.79 Å². The largest absolute Gasteiger partial charge is 0.341 e. The molecule has 0 unspecified atom stereocenters. The van der Waals surface area contributed by atoms with Gasteiger partial charge in [0.2, 0.25) is 5.91 Å². The van der Waals surface area contributed by atoms with Crippen LogP contribution in [0.3, 0.4) is 0 Å². The Labute approximate surface area is 116 Å². The smallest absolute Gasteiger partial charge is 0.247 e. The Hall–Kier alpha value is -1.86. The molecule has 98 valence electrons. The van der Waals surface area contributed by atoms with Crippen molar-refractivity contribution in [3.8, 4) is 6.07 Å². The number of nitrogens with zero attached hydrogens (tertiary/aromatic N) is 2. The maximum atomic E-state index is 12.2. The summed E-state index contributed by atoms with van der Waals surface area (Å²) in [5.74, 6) is -2.23. The quantitative estimate of drug-likeness (QED) is 0.628. The molecule has 1 atom stereocenters. The van der Waals surface area contributed by atoms with Crippen molar-refractivity contribution in [3.05, 3.63) is 34.9 Å². The van der Waals surface area contributed by atoms with Crippen LogP contribution in [0.15, 0.2) is 24.3 Å². The number of nitriles is 1. The fourth-order valence-corrected chi connectivity index (χ4v) is 2.39. The lowest BCUT2D eigenvalue weighted by molar-refractivity contribution is -0.131. The molecule has 0 saturated carbocycles. The molecule has 19 heavy (non-hydrogen) atoms. The minimum Gasteiger partial charge on any atom is -0.341 e. The predicted octanol–water partition coefficient (Wildman–Crippen LogP) is 2.28. The predicted molar refractivity (Wildman–Crippen MR) is 70.7 cm³/mol. The van der Waals surface area contributed by atoms with E-state index in [0.29, 0.717) is 13.1 Å². The highest BCUT2D eigenvalue weighted by Crippen LogP contribution is 2.21. The van der Waals surface area contributed by atoms with Crippen molar-refractivity contribution in [3.63, 3.8) is 0 Å².